The van der Waals surface area contributed by atoms with Gasteiger partial charge in [0, 0.05) is 30.2 Å². The number of amides is 1. The minimum Gasteiger partial charge on any atom is -0.616 e. The van der Waals surface area contributed by atoms with Crippen LogP contribution in [0.2, 0.25) is 5.02 Å². The molecule has 0 bridgehead atoms. The van der Waals surface area contributed by atoms with Crippen LogP contribution >= 0.6 is 11.6 Å². The summed E-state index contributed by atoms with van der Waals surface area (Å²) in [7, 11) is 1.56. The summed E-state index contributed by atoms with van der Waals surface area (Å²) in [5, 5.41) is 4.01. The number of fused-ring (bicyclic) bond motifs is 1. The van der Waals surface area contributed by atoms with Gasteiger partial charge in [0.1, 0.15) is 23.4 Å². The Labute approximate surface area is 175 Å². The van der Waals surface area contributed by atoms with Crippen LogP contribution in [-0.2, 0) is 24.8 Å². The molecule has 3 aromatic rings. The van der Waals surface area contributed by atoms with Crippen LogP contribution in [0.1, 0.15) is 15.9 Å². The minimum atomic E-state index is -0.994. The van der Waals surface area contributed by atoms with E-state index in [0.29, 0.717) is 21.7 Å². The molecule has 0 aliphatic carbocycles. The van der Waals surface area contributed by atoms with E-state index in [1.54, 1.807) is 49.8 Å². The number of pyridine rings is 2. The maximum absolute atomic E-state index is 12.8. The smallest absolute Gasteiger partial charge is 0.263 e. The fourth-order valence-corrected chi connectivity index (χ4v) is 3.25. The van der Waals surface area contributed by atoms with Crippen molar-refractivity contribution in [3.63, 3.8) is 0 Å². The average Bonchev–Trinajstić information content (AvgIpc) is 2.69. The highest BCUT2D eigenvalue weighted by molar-refractivity contribution is 7.90. The summed E-state index contributed by atoms with van der Waals surface area (Å²) in [5.74, 6) is 0.154. The van der Waals surface area contributed by atoms with Gasteiger partial charge in [0.15, 0.2) is 0 Å². The number of carbonyl (C=O) groups is 1. The van der Waals surface area contributed by atoms with Gasteiger partial charge in [-0.05, 0) is 29.8 Å². The lowest BCUT2D eigenvalue weighted by Crippen LogP contribution is -2.32. The van der Waals surface area contributed by atoms with Gasteiger partial charge in [0.2, 0.25) is 5.88 Å². The lowest BCUT2D eigenvalue weighted by Gasteiger charge is -2.13. The maximum atomic E-state index is 12.8. The van der Waals surface area contributed by atoms with Gasteiger partial charge in [0.25, 0.3) is 11.5 Å². The average molecular weight is 434 g/mol. The molecule has 0 saturated heterocycles. The molecule has 0 saturated carbocycles. The quantitative estimate of drug-likeness (QED) is 0.576. The predicted octanol–water partition coefficient (Wildman–Crippen LogP) is 2.27. The van der Waals surface area contributed by atoms with E-state index in [4.69, 9.17) is 16.3 Å². The van der Waals surface area contributed by atoms with Gasteiger partial charge in [-0.3, -0.25) is 9.59 Å². The molecule has 2 heterocycles. The lowest BCUT2D eigenvalue weighted by atomic mass is 10.1. The summed E-state index contributed by atoms with van der Waals surface area (Å²) in [6, 6.07) is 10.3. The largest absolute Gasteiger partial charge is 0.616 e. The SMILES string of the molecule is Cn1c(=O)c(C(=O)NCc2ccc(Cl)cc2)cc2ccnc(OCC[S+](C)[O-])c21. The molecule has 3 rings (SSSR count). The molecule has 152 valence electrons. The van der Waals surface area contributed by atoms with Gasteiger partial charge in [-0.1, -0.05) is 34.9 Å². The number of nitrogens with zero attached hydrogens (tertiary/aromatic N) is 2. The molecule has 0 aliphatic heterocycles. The van der Waals surface area contributed by atoms with Crippen molar-refractivity contribution in [2.24, 2.45) is 7.05 Å². The summed E-state index contributed by atoms with van der Waals surface area (Å²) in [6.45, 7) is 0.489. The number of ether oxygens (including phenoxy) is 1. The molecular formula is C20H20ClN3O4S. The molecule has 0 radical (unpaired) electrons. The van der Waals surface area contributed by atoms with Crippen LogP contribution in [0.5, 0.6) is 5.88 Å². The monoisotopic (exact) mass is 433 g/mol. The van der Waals surface area contributed by atoms with Gasteiger partial charge in [-0.2, -0.15) is 0 Å². The van der Waals surface area contributed by atoms with Gasteiger partial charge in [-0.15, -0.1) is 0 Å². The number of rotatable bonds is 7. The maximum Gasteiger partial charge on any atom is 0.263 e. The van der Waals surface area contributed by atoms with E-state index in [0.717, 1.165) is 5.56 Å². The minimum absolute atomic E-state index is 0.0285. The van der Waals surface area contributed by atoms with Crippen molar-refractivity contribution in [1.29, 1.82) is 0 Å². The number of aryl methyl sites for hydroxylation is 1. The molecule has 1 unspecified atom stereocenters. The van der Waals surface area contributed by atoms with Crippen LogP contribution in [0.3, 0.4) is 0 Å². The molecule has 1 atom stereocenters. The van der Waals surface area contributed by atoms with Crippen LogP contribution in [-0.4, -0.2) is 38.6 Å². The zero-order valence-corrected chi connectivity index (χ0v) is 17.5. The van der Waals surface area contributed by atoms with Crippen LogP contribution in [0.25, 0.3) is 10.9 Å². The Kier molecular flexibility index (Phi) is 6.79. The van der Waals surface area contributed by atoms with E-state index in [-0.39, 0.29) is 24.6 Å². The predicted molar refractivity (Wildman–Crippen MR) is 114 cm³/mol. The summed E-state index contributed by atoms with van der Waals surface area (Å²) in [6.07, 6.45) is 3.13. The third kappa shape index (κ3) is 5.09. The molecular weight excluding hydrogens is 414 g/mol. The van der Waals surface area contributed by atoms with Crippen LogP contribution < -0.4 is 15.6 Å². The highest BCUT2D eigenvalue weighted by atomic mass is 35.5. The molecule has 0 fully saturated rings. The highest BCUT2D eigenvalue weighted by Gasteiger charge is 2.17. The van der Waals surface area contributed by atoms with Crippen molar-refractivity contribution in [3.05, 3.63) is 69.1 Å². The van der Waals surface area contributed by atoms with E-state index < -0.39 is 22.6 Å². The van der Waals surface area contributed by atoms with Crippen molar-refractivity contribution in [1.82, 2.24) is 14.9 Å². The first-order chi connectivity index (χ1) is 13.9. The first kappa shape index (κ1) is 21.2. The van der Waals surface area contributed by atoms with Gasteiger partial charge in [-0.25, -0.2) is 4.98 Å². The van der Waals surface area contributed by atoms with Crippen molar-refractivity contribution in [2.45, 2.75) is 6.54 Å². The zero-order valence-electron chi connectivity index (χ0n) is 16.0. The summed E-state index contributed by atoms with van der Waals surface area (Å²) in [5.41, 5.74) is 0.922. The Hall–Kier alpha value is -2.55. The fourth-order valence-electron chi connectivity index (χ4n) is 2.81. The van der Waals surface area contributed by atoms with Crippen molar-refractivity contribution in [3.8, 4) is 5.88 Å². The first-order valence-corrected chi connectivity index (χ1v) is 10.9. The van der Waals surface area contributed by atoms with E-state index in [9.17, 15) is 14.1 Å². The number of aromatic nitrogens is 2. The van der Waals surface area contributed by atoms with Crippen molar-refractivity contribution >= 4 is 39.6 Å². The normalized spacial score (nSPS) is 12.0. The molecule has 7 nitrogen and oxygen atoms in total. The van der Waals surface area contributed by atoms with E-state index >= 15 is 0 Å². The number of benzene rings is 1. The van der Waals surface area contributed by atoms with E-state index in [1.807, 2.05) is 0 Å². The van der Waals surface area contributed by atoms with Crippen LogP contribution in [0, 0.1) is 0 Å². The van der Waals surface area contributed by atoms with Crippen LogP contribution in [0.4, 0.5) is 0 Å². The second-order valence-electron chi connectivity index (χ2n) is 6.41. The Bertz CT molecular complexity index is 1080. The Morgan fingerprint density at radius 3 is 2.72 bits per heavy atom. The van der Waals surface area contributed by atoms with Crippen molar-refractivity contribution in [2.75, 3.05) is 18.6 Å². The summed E-state index contributed by atoms with van der Waals surface area (Å²) in [4.78, 5) is 29.5. The third-order valence-electron chi connectivity index (χ3n) is 4.31. The van der Waals surface area contributed by atoms with Crippen molar-refractivity contribution < 1.29 is 14.1 Å². The standard InChI is InChI=1S/C20H20ClN3O4S/c1-24-17-14(7-8-22-19(17)28-9-10-29(2)27)11-16(20(24)26)18(25)23-12-13-3-5-15(21)6-4-13/h3-8,11H,9-10,12H2,1-2H3,(H,23,25). The first-order valence-electron chi connectivity index (χ1n) is 8.81. The molecule has 1 N–H and O–H groups in total. The number of hydrogen-bond acceptors (Lipinski definition) is 5. The van der Waals surface area contributed by atoms with Crippen LogP contribution in [0.15, 0.2) is 47.4 Å². The molecule has 29 heavy (non-hydrogen) atoms. The Morgan fingerprint density at radius 2 is 2.03 bits per heavy atom. The lowest BCUT2D eigenvalue weighted by molar-refractivity contribution is 0.0949. The number of nitrogens with one attached hydrogen (secondary N) is 1. The number of carbonyl (C=O) groups excluding carboxylic acids is 1. The zero-order chi connectivity index (χ0) is 21.0. The van der Waals surface area contributed by atoms with Gasteiger partial charge >= 0.3 is 0 Å². The highest BCUT2D eigenvalue weighted by Crippen LogP contribution is 2.22. The van der Waals surface area contributed by atoms with Gasteiger partial charge in [0.05, 0.1) is 6.26 Å². The Morgan fingerprint density at radius 1 is 1.31 bits per heavy atom. The fraction of sp³-hybridized carbons (Fsp3) is 0.250. The van der Waals surface area contributed by atoms with E-state index in [2.05, 4.69) is 10.3 Å². The molecule has 1 aromatic carbocycles. The molecule has 1 amide bonds. The number of halogens is 1. The molecule has 2 aromatic heterocycles. The molecule has 0 aliphatic rings. The van der Waals surface area contributed by atoms with Gasteiger partial charge < -0.3 is 19.2 Å². The second kappa shape index (κ2) is 9.30. The van der Waals surface area contributed by atoms with E-state index in [1.165, 1.54) is 10.6 Å². The summed E-state index contributed by atoms with van der Waals surface area (Å²) < 4.78 is 18.2. The number of hydrogen-bond donors (Lipinski definition) is 1. The Balaban J connectivity index is 1.85. The molecule has 9 heteroatoms. The summed E-state index contributed by atoms with van der Waals surface area (Å²) >= 11 is 4.87. The topological polar surface area (TPSA) is 96.3 Å². The second-order valence-corrected chi connectivity index (χ2v) is 8.40. The molecule has 0 spiro atoms. The third-order valence-corrected chi connectivity index (χ3v) is 5.31.